The fourth-order valence-electron chi connectivity index (χ4n) is 3.45. The molecule has 0 bridgehead atoms. The number of aromatic nitrogens is 2. The number of nitrogens with two attached hydrogens (primary N) is 1. The van der Waals surface area contributed by atoms with E-state index in [4.69, 9.17) is 5.73 Å². The number of halogens is 1. The van der Waals surface area contributed by atoms with E-state index in [0.717, 1.165) is 16.8 Å². The molecule has 1 aliphatic rings. The van der Waals surface area contributed by atoms with E-state index in [-0.39, 0.29) is 23.7 Å². The Hall–Kier alpha value is -2.89. The predicted octanol–water partition coefficient (Wildman–Crippen LogP) is 2.53. The van der Waals surface area contributed by atoms with Gasteiger partial charge in [-0.15, -0.1) is 0 Å². The van der Waals surface area contributed by atoms with Gasteiger partial charge in [-0.3, -0.25) is 4.79 Å². The van der Waals surface area contributed by atoms with Crippen LogP contribution in [0.15, 0.2) is 54.9 Å². The molecule has 5 nitrogen and oxygen atoms in total. The molecule has 1 aromatic carbocycles. The lowest BCUT2D eigenvalue weighted by atomic mass is 9.99. The minimum Gasteiger partial charge on any atom is -0.369 e. The van der Waals surface area contributed by atoms with E-state index in [1.54, 1.807) is 16.8 Å². The maximum atomic E-state index is 13.7. The fourth-order valence-corrected chi connectivity index (χ4v) is 3.45. The quantitative estimate of drug-likeness (QED) is 0.805. The zero-order valence-corrected chi connectivity index (χ0v) is 13.0. The van der Waals surface area contributed by atoms with E-state index in [1.807, 2.05) is 30.5 Å². The summed E-state index contributed by atoms with van der Waals surface area (Å²) in [5, 5.41) is 4.19. The number of primary amides is 1. The first-order valence-corrected chi connectivity index (χ1v) is 7.86. The van der Waals surface area contributed by atoms with Crippen molar-refractivity contribution in [2.45, 2.75) is 12.5 Å². The first kappa shape index (κ1) is 14.7. The number of anilines is 1. The Bertz CT molecular complexity index is 907. The number of hydrogen-bond acceptors (Lipinski definition) is 3. The zero-order valence-electron chi connectivity index (χ0n) is 13.0. The minimum atomic E-state index is -0.315. The van der Waals surface area contributed by atoms with E-state index in [0.29, 0.717) is 13.0 Å². The number of carbonyl (C=O) groups excluding carboxylic acids is 1. The summed E-state index contributed by atoms with van der Waals surface area (Å²) in [6, 6.07) is 12.3. The number of pyridine rings is 1. The van der Waals surface area contributed by atoms with Crippen LogP contribution in [0.1, 0.15) is 18.0 Å². The number of rotatable bonds is 3. The maximum absolute atomic E-state index is 13.7. The van der Waals surface area contributed by atoms with Crippen LogP contribution in [0.5, 0.6) is 0 Å². The van der Waals surface area contributed by atoms with Crippen molar-refractivity contribution in [3.8, 4) is 0 Å². The topological polar surface area (TPSA) is 63.6 Å². The summed E-state index contributed by atoms with van der Waals surface area (Å²) in [5.41, 5.74) is 8.32. The van der Waals surface area contributed by atoms with Crippen molar-refractivity contribution in [1.82, 2.24) is 9.61 Å². The summed E-state index contributed by atoms with van der Waals surface area (Å²) in [6.45, 7) is 0.529. The third-order valence-corrected chi connectivity index (χ3v) is 4.65. The molecule has 0 saturated carbocycles. The Morgan fingerprint density at radius 3 is 2.92 bits per heavy atom. The molecule has 0 spiro atoms. The van der Waals surface area contributed by atoms with Gasteiger partial charge in [-0.1, -0.05) is 12.1 Å². The molecule has 2 aromatic heterocycles. The van der Waals surface area contributed by atoms with Crippen LogP contribution in [-0.2, 0) is 4.79 Å². The number of fused-ring (bicyclic) bond motifs is 1. The van der Waals surface area contributed by atoms with Gasteiger partial charge in [0.25, 0.3) is 0 Å². The van der Waals surface area contributed by atoms with Crippen LogP contribution in [-0.4, -0.2) is 22.1 Å². The van der Waals surface area contributed by atoms with Crippen molar-refractivity contribution < 1.29 is 9.18 Å². The van der Waals surface area contributed by atoms with Gasteiger partial charge in [0, 0.05) is 24.6 Å². The van der Waals surface area contributed by atoms with E-state index < -0.39 is 0 Å². The predicted molar refractivity (Wildman–Crippen MR) is 89.0 cm³/mol. The van der Waals surface area contributed by atoms with E-state index in [9.17, 15) is 9.18 Å². The van der Waals surface area contributed by atoms with Crippen LogP contribution in [0.4, 0.5) is 10.1 Å². The largest absolute Gasteiger partial charge is 0.369 e. The SMILES string of the molecule is NC(=O)[C@H]1C[C@H](c2cccc(F)c2)N(c2ccn3nccc3c2)C1. The second-order valence-electron chi connectivity index (χ2n) is 6.14. The lowest BCUT2D eigenvalue weighted by Gasteiger charge is -2.27. The Kier molecular flexibility index (Phi) is 3.45. The molecule has 4 rings (SSSR count). The van der Waals surface area contributed by atoms with Crippen LogP contribution in [0, 0.1) is 11.7 Å². The number of carbonyl (C=O) groups is 1. The van der Waals surface area contributed by atoms with Gasteiger partial charge >= 0.3 is 0 Å². The van der Waals surface area contributed by atoms with Crippen LogP contribution in [0.25, 0.3) is 5.52 Å². The molecule has 1 aliphatic heterocycles. The number of hydrogen-bond donors (Lipinski definition) is 1. The summed E-state index contributed by atoms with van der Waals surface area (Å²) in [5.74, 6) is -0.843. The van der Waals surface area contributed by atoms with E-state index >= 15 is 0 Å². The van der Waals surface area contributed by atoms with E-state index in [1.165, 1.54) is 12.1 Å². The van der Waals surface area contributed by atoms with Gasteiger partial charge in [0.05, 0.1) is 17.5 Å². The highest BCUT2D eigenvalue weighted by molar-refractivity contribution is 5.78. The summed E-state index contributed by atoms with van der Waals surface area (Å²) in [4.78, 5) is 13.8. The Labute approximate surface area is 138 Å². The molecule has 3 aromatic rings. The smallest absolute Gasteiger partial charge is 0.222 e. The van der Waals surface area contributed by atoms with Gasteiger partial charge < -0.3 is 10.6 Å². The molecule has 2 atom stereocenters. The molecule has 0 unspecified atom stereocenters. The molecular weight excluding hydrogens is 307 g/mol. The van der Waals surface area contributed by atoms with Gasteiger partial charge in [0.2, 0.25) is 5.91 Å². The van der Waals surface area contributed by atoms with Crippen molar-refractivity contribution in [3.63, 3.8) is 0 Å². The Morgan fingerprint density at radius 2 is 2.12 bits per heavy atom. The van der Waals surface area contributed by atoms with Gasteiger partial charge in [0.1, 0.15) is 5.82 Å². The van der Waals surface area contributed by atoms with Gasteiger partial charge in [-0.25, -0.2) is 8.91 Å². The third-order valence-electron chi connectivity index (χ3n) is 4.65. The summed E-state index contributed by atoms with van der Waals surface area (Å²) in [6.07, 6.45) is 4.20. The highest BCUT2D eigenvalue weighted by atomic mass is 19.1. The molecule has 0 aliphatic carbocycles. The fraction of sp³-hybridized carbons (Fsp3) is 0.222. The molecule has 24 heavy (non-hydrogen) atoms. The number of nitrogens with zero attached hydrogens (tertiary/aromatic N) is 3. The van der Waals surface area contributed by atoms with Crippen LogP contribution < -0.4 is 10.6 Å². The van der Waals surface area contributed by atoms with Crippen molar-refractivity contribution in [2.24, 2.45) is 11.7 Å². The monoisotopic (exact) mass is 324 g/mol. The lowest BCUT2D eigenvalue weighted by Crippen LogP contribution is -2.28. The average Bonchev–Trinajstić information content (AvgIpc) is 3.21. The molecular formula is C18H17FN4O. The Balaban J connectivity index is 1.75. The highest BCUT2D eigenvalue weighted by Crippen LogP contribution is 2.39. The minimum absolute atomic E-state index is 0.0800. The highest BCUT2D eigenvalue weighted by Gasteiger charge is 2.36. The average molecular weight is 324 g/mol. The molecule has 122 valence electrons. The molecule has 6 heteroatoms. The second kappa shape index (κ2) is 5.63. The lowest BCUT2D eigenvalue weighted by molar-refractivity contribution is -0.121. The molecule has 2 N–H and O–H groups in total. The summed E-state index contributed by atoms with van der Waals surface area (Å²) in [7, 11) is 0. The second-order valence-corrected chi connectivity index (χ2v) is 6.14. The molecule has 3 heterocycles. The first-order chi connectivity index (χ1) is 11.6. The Morgan fingerprint density at radius 1 is 1.25 bits per heavy atom. The van der Waals surface area contributed by atoms with Crippen molar-refractivity contribution in [2.75, 3.05) is 11.4 Å². The standard InChI is InChI=1S/C18H17FN4O/c19-14-3-1-2-12(8-14)17-9-13(18(20)24)11-22(17)15-5-7-23-16(10-15)4-6-21-23/h1-8,10,13,17H,9,11H2,(H2,20,24)/t13-,17+/m0/s1. The van der Waals surface area contributed by atoms with Crippen molar-refractivity contribution in [3.05, 3.63) is 66.2 Å². The number of benzene rings is 1. The van der Waals surface area contributed by atoms with Crippen LogP contribution in [0.2, 0.25) is 0 Å². The summed E-state index contributed by atoms with van der Waals surface area (Å²) < 4.78 is 15.4. The summed E-state index contributed by atoms with van der Waals surface area (Å²) >= 11 is 0. The van der Waals surface area contributed by atoms with Crippen LogP contribution in [0.3, 0.4) is 0 Å². The van der Waals surface area contributed by atoms with Gasteiger partial charge in [-0.05, 0) is 42.3 Å². The van der Waals surface area contributed by atoms with Crippen LogP contribution >= 0.6 is 0 Å². The van der Waals surface area contributed by atoms with E-state index in [2.05, 4.69) is 10.00 Å². The molecule has 0 radical (unpaired) electrons. The first-order valence-electron chi connectivity index (χ1n) is 7.86. The number of amides is 1. The van der Waals surface area contributed by atoms with Gasteiger partial charge in [-0.2, -0.15) is 5.10 Å². The third kappa shape index (κ3) is 2.50. The maximum Gasteiger partial charge on any atom is 0.222 e. The molecule has 1 amide bonds. The van der Waals surface area contributed by atoms with Crippen molar-refractivity contribution in [1.29, 1.82) is 0 Å². The van der Waals surface area contributed by atoms with Crippen molar-refractivity contribution >= 4 is 17.1 Å². The van der Waals surface area contributed by atoms with Gasteiger partial charge in [0.15, 0.2) is 0 Å². The zero-order chi connectivity index (χ0) is 16.7. The molecule has 1 fully saturated rings. The molecule has 1 saturated heterocycles. The normalized spacial score (nSPS) is 20.6.